The summed E-state index contributed by atoms with van der Waals surface area (Å²) in [6, 6.07) is 10.2. The van der Waals surface area contributed by atoms with Gasteiger partial charge in [0.25, 0.3) is 10.0 Å². The third-order valence-corrected chi connectivity index (χ3v) is 7.24. The van der Waals surface area contributed by atoms with Crippen molar-refractivity contribution in [2.24, 2.45) is 0 Å². The number of carbonyl (C=O) groups is 2. The summed E-state index contributed by atoms with van der Waals surface area (Å²) in [6.45, 7) is 0.293. The van der Waals surface area contributed by atoms with Crippen LogP contribution in [-0.2, 0) is 19.6 Å². The molecule has 1 aromatic heterocycles. The minimum Gasteiger partial charge on any atom is -0.323 e. The van der Waals surface area contributed by atoms with E-state index in [-0.39, 0.29) is 16.7 Å². The van der Waals surface area contributed by atoms with Crippen LogP contribution in [0.25, 0.3) is 0 Å². The minimum atomic E-state index is -3.69. The lowest BCUT2D eigenvalue weighted by Crippen LogP contribution is -2.35. The molecule has 1 fully saturated rings. The van der Waals surface area contributed by atoms with Crippen LogP contribution < -0.4 is 10.2 Å². The molecule has 138 valence electrons. The molecule has 1 N–H and O–H groups in total. The quantitative estimate of drug-likeness (QED) is 0.815. The molecule has 1 aliphatic rings. The zero-order valence-corrected chi connectivity index (χ0v) is 15.8. The van der Waals surface area contributed by atoms with Gasteiger partial charge in [-0.05, 0) is 30.0 Å². The Morgan fingerprint density at radius 3 is 2.69 bits per heavy atom. The second kappa shape index (κ2) is 7.56. The van der Waals surface area contributed by atoms with Crippen molar-refractivity contribution in [3.05, 3.63) is 41.8 Å². The van der Waals surface area contributed by atoms with Crippen molar-refractivity contribution in [1.82, 2.24) is 4.31 Å². The number of likely N-dealkylation sites (N-methyl/N-ethyl adjacent to an activating group) is 1. The molecule has 0 radical (unpaired) electrons. The van der Waals surface area contributed by atoms with Crippen LogP contribution in [0.15, 0.2) is 46.0 Å². The Kier molecular flexibility index (Phi) is 5.40. The molecule has 2 heterocycles. The number of hydrogen-bond donors (Lipinski definition) is 1. The lowest BCUT2D eigenvalue weighted by Gasteiger charge is -2.21. The van der Waals surface area contributed by atoms with Crippen LogP contribution in [0.3, 0.4) is 0 Å². The Labute approximate surface area is 156 Å². The number of benzene rings is 1. The standard InChI is InChI=1S/C17H19N3O4S2/c1-19(26(23,24)17-9-5-11-25-17)12-15(21)18-13-6-2-3-7-14(13)20-10-4-8-16(20)22/h2-3,5-7,9,11H,4,8,10,12H2,1H3,(H,18,21). The number of rotatable bonds is 6. The highest BCUT2D eigenvalue weighted by molar-refractivity contribution is 7.91. The van der Waals surface area contributed by atoms with Gasteiger partial charge < -0.3 is 10.2 Å². The molecule has 2 amide bonds. The second-order valence-electron chi connectivity index (χ2n) is 5.91. The summed E-state index contributed by atoms with van der Waals surface area (Å²) in [5.41, 5.74) is 1.13. The van der Waals surface area contributed by atoms with Gasteiger partial charge in [-0.3, -0.25) is 9.59 Å². The first-order valence-electron chi connectivity index (χ1n) is 8.08. The molecule has 0 aliphatic carbocycles. The first-order valence-corrected chi connectivity index (χ1v) is 10.4. The maximum absolute atomic E-state index is 12.4. The van der Waals surface area contributed by atoms with Crippen molar-refractivity contribution in [2.75, 3.05) is 30.4 Å². The Bertz CT molecular complexity index is 910. The van der Waals surface area contributed by atoms with Crippen LogP contribution in [0.5, 0.6) is 0 Å². The van der Waals surface area contributed by atoms with E-state index in [1.54, 1.807) is 40.6 Å². The van der Waals surface area contributed by atoms with E-state index in [0.717, 1.165) is 22.1 Å². The highest BCUT2D eigenvalue weighted by atomic mass is 32.2. The molecule has 0 saturated carbocycles. The molecule has 0 atom stereocenters. The predicted octanol–water partition coefficient (Wildman–Crippen LogP) is 2.13. The molecular weight excluding hydrogens is 374 g/mol. The third kappa shape index (κ3) is 3.79. The van der Waals surface area contributed by atoms with Gasteiger partial charge in [-0.25, -0.2) is 8.42 Å². The minimum absolute atomic E-state index is 0.0177. The summed E-state index contributed by atoms with van der Waals surface area (Å²) < 4.78 is 26.0. The van der Waals surface area contributed by atoms with Crippen LogP contribution in [0.4, 0.5) is 11.4 Å². The molecule has 2 aromatic rings. The molecule has 9 heteroatoms. The van der Waals surface area contributed by atoms with Crippen LogP contribution >= 0.6 is 11.3 Å². The first kappa shape index (κ1) is 18.6. The average molecular weight is 393 g/mol. The molecule has 1 aliphatic heterocycles. The highest BCUT2D eigenvalue weighted by Gasteiger charge is 2.26. The maximum Gasteiger partial charge on any atom is 0.252 e. The summed E-state index contributed by atoms with van der Waals surface area (Å²) >= 11 is 1.10. The third-order valence-electron chi connectivity index (χ3n) is 4.07. The largest absolute Gasteiger partial charge is 0.323 e. The van der Waals surface area contributed by atoms with E-state index in [1.807, 2.05) is 0 Å². The Hall–Kier alpha value is -2.23. The van der Waals surface area contributed by atoms with Gasteiger partial charge in [-0.15, -0.1) is 11.3 Å². The molecule has 1 aromatic carbocycles. The zero-order chi connectivity index (χ0) is 18.7. The number of nitrogens with zero attached hydrogens (tertiary/aromatic N) is 2. The van der Waals surface area contributed by atoms with E-state index in [2.05, 4.69) is 5.32 Å². The zero-order valence-electron chi connectivity index (χ0n) is 14.2. The van der Waals surface area contributed by atoms with Gasteiger partial charge in [0.05, 0.1) is 17.9 Å². The van der Waals surface area contributed by atoms with Gasteiger partial charge in [0.15, 0.2) is 0 Å². The molecular formula is C17H19N3O4S2. The predicted molar refractivity (Wildman–Crippen MR) is 101 cm³/mol. The van der Waals surface area contributed by atoms with Crippen molar-refractivity contribution in [3.8, 4) is 0 Å². The van der Waals surface area contributed by atoms with Gasteiger partial charge in [0.1, 0.15) is 4.21 Å². The fourth-order valence-corrected chi connectivity index (χ4v) is 5.09. The van der Waals surface area contributed by atoms with E-state index < -0.39 is 15.9 Å². The van der Waals surface area contributed by atoms with Gasteiger partial charge in [0, 0.05) is 20.0 Å². The van der Waals surface area contributed by atoms with Crippen LogP contribution in [-0.4, -0.2) is 44.7 Å². The topological polar surface area (TPSA) is 86.8 Å². The number of carbonyl (C=O) groups excluding carboxylic acids is 2. The van der Waals surface area contributed by atoms with Crippen molar-refractivity contribution >= 4 is 44.5 Å². The number of para-hydroxylation sites is 2. The van der Waals surface area contributed by atoms with Crippen LogP contribution in [0.2, 0.25) is 0 Å². The Balaban J connectivity index is 1.72. The first-order chi connectivity index (χ1) is 12.4. The van der Waals surface area contributed by atoms with Crippen LogP contribution in [0.1, 0.15) is 12.8 Å². The van der Waals surface area contributed by atoms with Gasteiger partial charge in [0.2, 0.25) is 11.8 Å². The summed E-state index contributed by atoms with van der Waals surface area (Å²) in [6.07, 6.45) is 1.27. The van der Waals surface area contributed by atoms with Crippen molar-refractivity contribution in [1.29, 1.82) is 0 Å². The summed E-state index contributed by atoms with van der Waals surface area (Å²) in [7, 11) is -2.33. The fraction of sp³-hybridized carbons (Fsp3) is 0.294. The average Bonchev–Trinajstić information content (AvgIpc) is 3.27. The summed E-state index contributed by atoms with van der Waals surface area (Å²) in [4.78, 5) is 26.0. The molecule has 0 spiro atoms. The van der Waals surface area contributed by atoms with E-state index in [4.69, 9.17) is 0 Å². The lowest BCUT2D eigenvalue weighted by atomic mass is 10.2. The van der Waals surface area contributed by atoms with Crippen molar-refractivity contribution < 1.29 is 18.0 Å². The van der Waals surface area contributed by atoms with Crippen LogP contribution in [0, 0.1) is 0 Å². The normalized spacial score (nSPS) is 14.8. The van der Waals surface area contributed by atoms with Crippen molar-refractivity contribution in [3.63, 3.8) is 0 Å². The lowest BCUT2D eigenvalue weighted by molar-refractivity contribution is -0.117. The van der Waals surface area contributed by atoms with Gasteiger partial charge >= 0.3 is 0 Å². The molecule has 1 saturated heterocycles. The molecule has 7 nitrogen and oxygen atoms in total. The van der Waals surface area contributed by atoms with E-state index in [1.165, 1.54) is 13.1 Å². The SMILES string of the molecule is CN(CC(=O)Nc1ccccc1N1CCCC1=O)S(=O)(=O)c1cccs1. The summed E-state index contributed by atoms with van der Waals surface area (Å²) in [5.74, 6) is -0.448. The smallest absolute Gasteiger partial charge is 0.252 e. The molecule has 3 rings (SSSR count). The Morgan fingerprint density at radius 2 is 2.04 bits per heavy atom. The van der Waals surface area contributed by atoms with Gasteiger partial charge in [-0.1, -0.05) is 18.2 Å². The molecule has 26 heavy (non-hydrogen) atoms. The molecule has 0 unspecified atom stereocenters. The van der Waals surface area contributed by atoms with E-state index in [9.17, 15) is 18.0 Å². The van der Waals surface area contributed by atoms with Gasteiger partial charge in [-0.2, -0.15) is 4.31 Å². The fourth-order valence-electron chi connectivity index (χ4n) is 2.76. The van der Waals surface area contributed by atoms with E-state index in [0.29, 0.717) is 24.3 Å². The number of hydrogen-bond acceptors (Lipinski definition) is 5. The monoisotopic (exact) mass is 393 g/mol. The number of thiophene rings is 1. The van der Waals surface area contributed by atoms with E-state index >= 15 is 0 Å². The number of amides is 2. The number of anilines is 2. The van der Waals surface area contributed by atoms with Crippen molar-refractivity contribution in [2.45, 2.75) is 17.1 Å². The number of sulfonamides is 1. The number of nitrogens with one attached hydrogen (secondary N) is 1. The maximum atomic E-state index is 12.4. The highest BCUT2D eigenvalue weighted by Crippen LogP contribution is 2.29. The molecule has 0 bridgehead atoms. The summed E-state index contributed by atoms with van der Waals surface area (Å²) in [5, 5.41) is 4.39. The second-order valence-corrected chi connectivity index (χ2v) is 9.13. The Morgan fingerprint density at radius 1 is 1.27 bits per heavy atom.